The molecular formula is C33H61N5O6S. The van der Waals surface area contributed by atoms with Gasteiger partial charge in [0.1, 0.15) is 11.6 Å². The Kier molecular flexibility index (Phi) is 20.1. The second kappa shape index (κ2) is 22.2. The molecule has 1 heterocycles. The second-order valence-corrected chi connectivity index (χ2v) is 14.7. The number of rotatable bonds is 23. The molecule has 0 saturated carbocycles. The third kappa shape index (κ3) is 21.2. The van der Waals surface area contributed by atoms with Crippen molar-refractivity contribution in [3.05, 3.63) is 11.9 Å². The Labute approximate surface area is 276 Å². The summed E-state index contributed by atoms with van der Waals surface area (Å²) >= 11 is 1.48. The summed E-state index contributed by atoms with van der Waals surface area (Å²) in [5, 5.41) is 13.9. The summed E-state index contributed by atoms with van der Waals surface area (Å²) in [6.07, 6.45) is 16.6. The van der Waals surface area contributed by atoms with E-state index in [2.05, 4.69) is 27.9 Å². The lowest BCUT2D eigenvalue weighted by Crippen LogP contribution is -2.55. The van der Waals surface area contributed by atoms with Crippen LogP contribution >= 0.6 is 11.8 Å². The molecule has 0 aliphatic carbocycles. The molecule has 1 rings (SSSR count). The van der Waals surface area contributed by atoms with E-state index in [1.807, 2.05) is 31.6 Å². The van der Waals surface area contributed by atoms with Gasteiger partial charge in [0.15, 0.2) is 6.04 Å². The molecule has 2 atom stereocenters. The molecule has 0 fully saturated rings. The van der Waals surface area contributed by atoms with Crippen LogP contribution in [0, 0.1) is 0 Å². The molecule has 0 bridgehead atoms. The quantitative estimate of drug-likeness (QED) is 0.104. The van der Waals surface area contributed by atoms with Gasteiger partial charge in [-0.2, -0.15) is 11.8 Å². The standard InChI is InChI=1S/C33H61N5O6S/c1-9-10-11-12-13-14-15-16-17-18-19-20-26-23-38(37-36-26)21-22-45-25-28(35-31(41)44-33(5,6)7)29(39)34-27(30(40)42-8)24-43-32(2,3)4/h23,27-28H,9-22,24-25H2,1-8H3,(H,34,39)(H,35,41). The number of hydrogen-bond donors (Lipinski definition) is 2. The number of amides is 2. The zero-order valence-electron chi connectivity index (χ0n) is 29.2. The highest BCUT2D eigenvalue weighted by atomic mass is 32.2. The first-order chi connectivity index (χ1) is 21.2. The van der Waals surface area contributed by atoms with Gasteiger partial charge in [0.05, 0.1) is 31.6 Å². The van der Waals surface area contributed by atoms with E-state index in [9.17, 15) is 14.4 Å². The van der Waals surface area contributed by atoms with Gasteiger partial charge in [0.25, 0.3) is 0 Å². The normalized spacial score (nSPS) is 13.2. The van der Waals surface area contributed by atoms with Crippen LogP contribution in [0.25, 0.3) is 0 Å². The van der Waals surface area contributed by atoms with Crippen molar-refractivity contribution >= 4 is 29.7 Å². The third-order valence-electron chi connectivity index (χ3n) is 6.86. The minimum Gasteiger partial charge on any atom is -0.467 e. The lowest BCUT2D eigenvalue weighted by atomic mass is 10.0. The highest BCUT2D eigenvalue weighted by Crippen LogP contribution is 2.14. The van der Waals surface area contributed by atoms with E-state index in [4.69, 9.17) is 14.2 Å². The third-order valence-corrected chi connectivity index (χ3v) is 7.90. The van der Waals surface area contributed by atoms with Crippen molar-refractivity contribution < 1.29 is 28.6 Å². The first-order valence-corrected chi connectivity index (χ1v) is 17.9. The van der Waals surface area contributed by atoms with Gasteiger partial charge in [0, 0.05) is 17.7 Å². The molecule has 0 aliphatic rings. The van der Waals surface area contributed by atoms with Gasteiger partial charge in [-0.25, -0.2) is 9.59 Å². The van der Waals surface area contributed by atoms with Crippen LogP contribution in [0.5, 0.6) is 0 Å². The first kappa shape index (κ1) is 40.7. The summed E-state index contributed by atoms with van der Waals surface area (Å²) in [5.74, 6) is -0.253. The Bertz CT molecular complexity index is 976. The predicted octanol–water partition coefficient (Wildman–Crippen LogP) is 6.23. The second-order valence-electron chi connectivity index (χ2n) is 13.5. The summed E-state index contributed by atoms with van der Waals surface area (Å²) in [6, 6.07) is -1.97. The largest absolute Gasteiger partial charge is 0.467 e. The molecule has 0 aromatic carbocycles. The van der Waals surface area contributed by atoms with E-state index in [0.29, 0.717) is 12.3 Å². The van der Waals surface area contributed by atoms with E-state index in [1.54, 1.807) is 20.8 Å². The SMILES string of the molecule is CCCCCCCCCCCCCc1cn(CCSCC(NC(=O)OC(C)(C)C)C(=O)NC(COC(C)(C)C)C(=O)OC)nn1. The molecule has 2 N–H and O–H groups in total. The molecule has 0 spiro atoms. The molecule has 260 valence electrons. The molecule has 1 aromatic rings. The van der Waals surface area contributed by atoms with E-state index >= 15 is 0 Å². The van der Waals surface area contributed by atoms with Crippen LogP contribution in [0.1, 0.15) is 125 Å². The number of carbonyl (C=O) groups excluding carboxylic acids is 3. The maximum absolute atomic E-state index is 13.2. The van der Waals surface area contributed by atoms with Gasteiger partial charge in [-0.15, -0.1) is 5.10 Å². The number of hydrogen-bond acceptors (Lipinski definition) is 9. The summed E-state index contributed by atoms with van der Waals surface area (Å²) in [5.41, 5.74) is -0.257. The summed E-state index contributed by atoms with van der Waals surface area (Å²) in [6.45, 7) is 13.6. The average molecular weight is 656 g/mol. The summed E-state index contributed by atoms with van der Waals surface area (Å²) in [4.78, 5) is 38.1. The summed E-state index contributed by atoms with van der Waals surface area (Å²) < 4.78 is 17.7. The lowest BCUT2D eigenvalue weighted by molar-refractivity contribution is -0.148. The van der Waals surface area contributed by atoms with Crippen molar-refractivity contribution in [2.45, 2.75) is 155 Å². The Balaban J connectivity index is 2.53. The zero-order chi connectivity index (χ0) is 33.7. The van der Waals surface area contributed by atoms with E-state index in [1.165, 1.54) is 83.1 Å². The van der Waals surface area contributed by atoms with Gasteiger partial charge in [0.2, 0.25) is 5.91 Å². The van der Waals surface area contributed by atoms with Gasteiger partial charge in [-0.05, 0) is 54.4 Å². The number of alkyl carbamates (subject to hydrolysis) is 1. The molecule has 0 radical (unpaired) electrons. The number of carbonyl (C=O) groups is 3. The van der Waals surface area contributed by atoms with E-state index < -0.39 is 41.3 Å². The maximum atomic E-state index is 13.2. The number of aryl methyl sites for hydroxylation is 2. The van der Waals surface area contributed by atoms with E-state index in [0.717, 1.165) is 18.5 Å². The predicted molar refractivity (Wildman–Crippen MR) is 180 cm³/mol. The van der Waals surface area contributed by atoms with Crippen LogP contribution in [0.3, 0.4) is 0 Å². The zero-order valence-corrected chi connectivity index (χ0v) is 30.1. The van der Waals surface area contributed by atoms with Crippen molar-refractivity contribution in [1.29, 1.82) is 0 Å². The Hall–Kier alpha value is -2.34. The number of esters is 1. The van der Waals surface area contributed by atoms with Crippen LogP contribution in [-0.2, 0) is 36.8 Å². The van der Waals surface area contributed by atoms with Gasteiger partial charge >= 0.3 is 12.1 Å². The Morgan fingerprint density at radius 3 is 2.02 bits per heavy atom. The Morgan fingerprint density at radius 2 is 1.47 bits per heavy atom. The molecule has 2 amide bonds. The average Bonchev–Trinajstić information content (AvgIpc) is 3.41. The minimum absolute atomic E-state index is 0.0674. The van der Waals surface area contributed by atoms with Crippen molar-refractivity contribution in [1.82, 2.24) is 25.6 Å². The molecule has 0 saturated heterocycles. The van der Waals surface area contributed by atoms with Crippen molar-refractivity contribution in [2.24, 2.45) is 0 Å². The molecule has 2 unspecified atom stereocenters. The number of ether oxygens (including phenoxy) is 3. The fraction of sp³-hybridized carbons (Fsp3) is 0.848. The molecule has 12 heteroatoms. The highest BCUT2D eigenvalue weighted by Gasteiger charge is 2.30. The van der Waals surface area contributed by atoms with Crippen molar-refractivity contribution in [3.63, 3.8) is 0 Å². The molecule has 1 aromatic heterocycles. The highest BCUT2D eigenvalue weighted by molar-refractivity contribution is 7.99. The molecule has 11 nitrogen and oxygen atoms in total. The smallest absolute Gasteiger partial charge is 0.408 e. The molecule has 0 aliphatic heterocycles. The van der Waals surface area contributed by atoms with Crippen LogP contribution in [0.15, 0.2) is 6.20 Å². The minimum atomic E-state index is -1.02. The number of methoxy groups -OCH3 is 1. The fourth-order valence-corrected chi connectivity index (χ4v) is 5.39. The molecular weight excluding hydrogens is 594 g/mol. The maximum Gasteiger partial charge on any atom is 0.408 e. The van der Waals surface area contributed by atoms with Crippen LogP contribution in [0.2, 0.25) is 0 Å². The van der Waals surface area contributed by atoms with Crippen LogP contribution in [0.4, 0.5) is 4.79 Å². The van der Waals surface area contributed by atoms with Crippen molar-refractivity contribution in [2.75, 3.05) is 25.2 Å². The van der Waals surface area contributed by atoms with Gasteiger partial charge in [-0.1, -0.05) is 76.3 Å². The Morgan fingerprint density at radius 1 is 0.867 bits per heavy atom. The monoisotopic (exact) mass is 655 g/mol. The van der Waals surface area contributed by atoms with Crippen LogP contribution in [-0.4, -0.2) is 81.5 Å². The van der Waals surface area contributed by atoms with Gasteiger partial charge in [-0.3, -0.25) is 9.48 Å². The van der Waals surface area contributed by atoms with Crippen LogP contribution < -0.4 is 10.6 Å². The van der Waals surface area contributed by atoms with Crippen molar-refractivity contribution in [3.8, 4) is 0 Å². The number of nitrogens with zero attached hydrogens (tertiary/aromatic N) is 3. The van der Waals surface area contributed by atoms with E-state index in [-0.39, 0.29) is 12.4 Å². The van der Waals surface area contributed by atoms with Gasteiger partial charge < -0.3 is 24.8 Å². The fourth-order valence-electron chi connectivity index (χ4n) is 4.44. The number of nitrogens with one attached hydrogen (secondary N) is 2. The first-order valence-electron chi connectivity index (χ1n) is 16.7. The number of thioether (sulfide) groups is 1. The molecule has 45 heavy (non-hydrogen) atoms. The number of unbranched alkanes of at least 4 members (excludes halogenated alkanes) is 10. The lowest BCUT2D eigenvalue weighted by Gasteiger charge is -2.26. The topological polar surface area (TPSA) is 134 Å². The number of aromatic nitrogens is 3. The summed E-state index contributed by atoms with van der Waals surface area (Å²) in [7, 11) is 1.25.